The van der Waals surface area contributed by atoms with Crippen LogP contribution in [-0.4, -0.2) is 16.8 Å². The predicted molar refractivity (Wildman–Crippen MR) is 82.1 cm³/mol. The summed E-state index contributed by atoms with van der Waals surface area (Å²) in [5.74, 6) is -2.73. The summed E-state index contributed by atoms with van der Waals surface area (Å²) in [6.07, 6.45) is 0.776. The number of carbonyl (C=O) groups is 2. The Hall–Kier alpha value is -2.66. The summed E-state index contributed by atoms with van der Waals surface area (Å²) in [7, 11) is 0. The topological polar surface area (TPSA) is 66.4 Å². The lowest BCUT2D eigenvalue weighted by atomic mass is 10.1. The summed E-state index contributed by atoms with van der Waals surface area (Å²) in [4.78, 5) is 23.4. The fourth-order valence-electron chi connectivity index (χ4n) is 1.62. The first-order valence-corrected chi connectivity index (χ1v) is 6.61. The van der Waals surface area contributed by atoms with Crippen LogP contribution in [0.1, 0.15) is 5.56 Å². The molecule has 4 nitrogen and oxygen atoms in total. The van der Waals surface area contributed by atoms with E-state index in [1.54, 1.807) is 12.1 Å². The van der Waals surface area contributed by atoms with E-state index in [-0.39, 0.29) is 5.56 Å². The third-order valence-corrected chi connectivity index (χ3v) is 2.99. The molecule has 0 aliphatic heterocycles. The van der Waals surface area contributed by atoms with Gasteiger partial charge in [0.25, 0.3) is 5.91 Å². The van der Waals surface area contributed by atoms with E-state index in [1.807, 2.05) is 0 Å². The SMILES string of the molecule is O=C(/C=C(\O)c1ccc(F)cc1)C(=O)Nc1ccc(Cl)cc1. The monoisotopic (exact) mass is 319 g/mol. The summed E-state index contributed by atoms with van der Waals surface area (Å²) in [6.45, 7) is 0. The number of hydrogen-bond acceptors (Lipinski definition) is 3. The van der Waals surface area contributed by atoms with E-state index >= 15 is 0 Å². The molecule has 0 aliphatic rings. The second kappa shape index (κ2) is 6.87. The largest absolute Gasteiger partial charge is 0.507 e. The molecule has 0 heterocycles. The highest BCUT2D eigenvalue weighted by atomic mass is 35.5. The van der Waals surface area contributed by atoms with Crippen molar-refractivity contribution < 1.29 is 19.1 Å². The van der Waals surface area contributed by atoms with Crippen LogP contribution in [0.3, 0.4) is 0 Å². The van der Waals surface area contributed by atoms with Gasteiger partial charge in [-0.05, 0) is 48.5 Å². The van der Waals surface area contributed by atoms with Crippen molar-refractivity contribution in [2.75, 3.05) is 5.32 Å². The molecule has 0 spiro atoms. The molecule has 0 aliphatic carbocycles. The van der Waals surface area contributed by atoms with Crippen LogP contribution < -0.4 is 5.32 Å². The van der Waals surface area contributed by atoms with E-state index in [9.17, 15) is 19.1 Å². The minimum atomic E-state index is -0.934. The lowest BCUT2D eigenvalue weighted by Crippen LogP contribution is -2.21. The Labute approximate surface area is 130 Å². The lowest BCUT2D eigenvalue weighted by Gasteiger charge is -2.03. The van der Waals surface area contributed by atoms with Crippen LogP contribution in [0.25, 0.3) is 5.76 Å². The Morgan fingerprint density at radius 2 is 1.64 bits per heavy atom. The van der Waals surface area contributed by atoms with Crippen molar-refractivity contribution in [3.05, 3.63) is 71.0 Å². The van der Waals surface area contributed by atoms with Crippen molar-refractivity contribution in [1.29, 1.82) is 0 Å². The zero-order valence-corrected chi connectivity index (χ0v) is 12.0. The number of nitrogens with one attached hydrogen (secondary N) is 1. The van der Waals surface area contributed by atoms with E-state index in [1.165, 1.54) is 24.3 Å². The van der Waals surface area contributed by atoms with Gasteiger partial charge < -0.3 is 10.4 Å². The molecule has 0 bridgehead atoms. The molecule has 0 radical (unpaired) electrons. The number of rotatable bonds is 4. The number of amides is 1. The van der Waals surface area contributed by atoms with Crippen LogP contribution in [0.4, 0.5) is 10.1 Å². The van der Waals surface area contributed by atoms with Gasteiger partial charge in [-0.2, -0.15) is 0 Å². The number of anilines is 1. The summed E-state index contributed by atoms with van der Waals surface area (Å²) in [5.41, 5.74) is 0.631. The molecule has 2 aromatic rings. The van der Waals surface area contributed by atoms with Crippen molar-refractivity contribution >= 4 is 34.7 Å². The van der Waals surface area contributed by atoms with Gasteiger partial charge in [0.2, 0.25) is 5.78 Å². The quantitative estimate of drug-likeness (QED) is 0.514. The van der Waals surface area contributed by atoms with Crippen LogP contribution in [0.2, 0.25) is 5.02 Å². The highest BCUT2D eigenvalue weighted by Crippen LogP contribution is 2.14. The van der Waals surface area contributed by atoms with Gasteiger partial charge in [-0.15, -0.1) is 0 Å². The average Bonchev–Trinajstić information content (AvgIpc) is 2.50. The number of benzene rings is 2. The zero-order chi connectivity index (χ0) is 16.1. The molecule has 0 saturated heterocycles. The highest BCUT2D eigenvalue weighted by molar-refractivity contribution is 6.45. The third-order valence-electron chi connectivity index (χ3n) is 2.73. The average molecular weight is 320 g/mol. The van der Waals surface area contributed by atoms with E-state index < -0.39 is 23.3 Å². The lowest BCUT2D eigenvalue weighted by molar-refractivity contribution is -0.131. The Bertz CT molecular complexity index is 724. The Morgan fingerprint density at radius 3 is 2.23 bits per heavy atom. The van der Waals surface area contributed by atoms with Gasteiger partial charge in [0.05, 0.1) is 0 Å². The first-order valence-electron chi connectivity index (χ1n) is 6.23. The molecule has 2 rings (SSSR count). The van der Waals surface area contributed by atoms with Crippen molar-refractivity contribution in [2.45, 2.75) is 0 Å². The Balaban J connectivity index is 2.07. The maximum atomic E-state index is 12.8. The van der Waals surface area contributed by atoms with Gasteiger partial charge in [0.15, 0.2) is 0 Å². The number of ketones is 1. The second-order valence-electron chi connectivity index (χ2n) is 4.36. The van der Waals surface area contributed by atoms with E-state index in [0.717, 1.165) is 18.2 Å². The van der Waals surface area contributed by atoms with Crippen LogP contribution in [0, 0.1) is 5.82 Å². The summed E-state index contributed by atoms with van der Waals surface area (Å²) in [6, 6.07) is 11.1. The molecular weight excluding hydrogens is 309 g/mol. The third kappa shape index (κ3) is 4.17. The van der Waals surface area contributed by atoms with Gasteiger partial charge in [-0.25, -0.2) is 4.39 Å². The van der Waals surface area contributed by atoms with Crippen LogP contribution in [0.5, 0.6) is 0 Å². The summed E-state index contributed by atoms with van der Waals surface area (Å²) < 4.78 is 12.8. The van der Waals surface area contributed by atoms with Gasteiger partial charge in [-0.1, -0.05) is 11.6 Å². The fourth-order valence-corrected chi connectivity index (χ4v) is 1.75. The summed E-state index contributed by atoms with van der Waals surface area (Å²) >= 11 is 5.71. The van der Waals surface area contributed by atoms with Crippen LogP contribution >= 0.6 is 11.6 Å². The van der Waals surface area contributed by atoms with Gasteiger partial charge in [-0.3, -0.25) is 9.59 Å². The highest BCUT2D eigenvalue weighted by Gasteiger charge is 2.13. The van der Waals surface area contributed by atoms with Crippen molar-refractivity contribution in [3.63, 3.8) is 0 Å². The number of aliphatic hydroxyl groups excluding tert-OH is 1. The molecule has 6 heteroatoms. The normalized spacial score (nSPS) is 11.1. The van der Waals surface area contributed by atoms with Crippen molar-refractivity contribution in [3.8, 4) is 0 Å². The first kappa shape index (κ1) is 15.7. The molecule has 22 heavy (non-hydrogen) atoms. The summed E-state index contributed by atoms with van der Waals surface area (Å²) in [5, 5.41) is 12.6. The van der Waals surface area contributed by atoms with E-state index in [0.29, 0.717) is 10.7 Å². The molecule has 0 atom stereocenters. The molecule has 0 saturated carbocycles. The molecule has 0 fully saturated rings. The molecule has 1 amide bonds. The van der Waals surface area contributed by atoms with Gasteiger partial charge in [0, 0.05) is 22.3 Å². The fraction of sp³-hybridized carbons (Fsp3) is 0. The molecule has 0 unspecified atom stereocenters. The number of hydrogen-bond donors (Lipinski definition) is 2. The van der Waals surface area contributed by atoms with Gasteiger partial charge >= 0.3 is 0 Å². The standard InChI is InChI=1S/C16H11ClFNO3/c17-11-3-7-13(8-4-11)19-16(22)15(21)9-14(20)10-1-5-12(18)6-2-10/h1-9,20H,(H,19,22)/b14-9-. The maximum Gasteiger partial charge on any atom is 0.296 e. The van der Waals surface area contributed by atoms with Crippen molar-refractivity contribution in [2.24, 2.45) is 0 Å². The molecule has 2 aromatic carbocycles. The number of halogens is 2. The Morgan fingerprint density at radius 1 is 1.05 bits per heavy atom. The van der Waals surface area contributed by atoms with Crippen LogP contribution in [0.15, 0.2) is 54.6 Å². The first-order chi connectivity index (χ1) is 10.5. The molecule has 2 N–H and O–H groups in total. The van der Waals surface area contributed by atoms with E-state index in [2.05, 4.69) is 5.32 Å². The number of carbonyl (C=O) groups excluding carboxylic acids is 2. The number of aliphatic hydroxyl groups is 1. The second-order valence-corrected chi connectivity index (χ2v) is 4.80. The van der Waals surface area contributed by atoms with Crippen molar-refractivity contribution in [1.82, 2.24) is 0 Å². The Kier molecular flexibility index (Phi) is 4.91. The molecular formula is C16H11ClFNO3. The van der Waals surface area contributed by atoms with Gasteiger partial charge in [0.1, 0.15) is 11.6 Å². The smallest absolute Gasteiger partial charge is 0.296 e. The molecule has 0 aromatic heterocycles. The van der Waals surface area contributed by atoms with Crippen LogP contribution in [-0.2, 0) is 9.59 Å². The minimum absolute atomic E-state index is 0.231. The van der Waals surface area contributed by atoms with E-state index in [4.69, 9.17) is 11.6 Å². The predicted octanol–water partition coefficient (Wildman–Crippen LogP) is 3.59. The zero-order valence-electron chi connectivity index (χ0n) is 11.2. The minimum Gasteiger partial charge on any atom is -0.507 e. The maximum absolute atomic E-state index is 12.8. The molecule has 112 valence electrons.